The van der Waals surface area contributed by atoms with Crippen LogP contribution in [-0.2, 0) is 23.8 Å². The number of methoxy groups -OCH3 is 3. The Hall–Kier alpha value is -5.09. The molecule has 2 N–H and O–H groups in total. The van der Waals surface area contributed by atoms with Gasteiger partial charge in [0.15, 0.2) is 0 Å². The van der Waals surface area contributed by atoms with Crippen LogP contribution >= 0.6 is 0 Å². The molecule has 0 aliphatic carbocycles. The van der Waals surface area contributed by atoms with Gasteiger partial charge in [0.2, 0.25) is 0 Å². The summed E-state index contributed by atoms with van der Waals surface area (Å²) in [6.07, 6.45) is 0. The molecule has 0 spiro atoms. The monoisotopic (exact) mass is 472 g/mol. The topological polar surface area (TPSA) is 156 Å². The number of rotatable bonds is 5. The van der Waals surface area contributed by atoms with Crippen molar-refractivity contribution in [2.45, 2.75) is 5.92 Å². The number of anilines is 1. The molecule has 3 rings (SSSR count). The van der Waals surface area contributed by atoms with Crippen molar-refractivity contribution in [2.75, 3.05) is 26.2 Å². The molecule has 0 saturated heterocycles. The zero-order valence-corrected chi connectivity index (χ0v) is 19.1. The molecule has 1 aliphatic heterocycles. The van der Waals surface area contributed by atoms with E-state index in [1.165, 1.54) is 18.2 Å². The van der Waals surface area contributed by atoms with Gasteiger partial charge in [-0.1, -0.05) is 30.3 Å². The van der Waals surface area contributed by atoms with E-state index in [0.29, 0.717) is 5.56 Å². The Bertz CT molecular complexity index is 1350. The van der Waals surface area contributed by atoms with Crippen molar-refractivity contribution >= 4 is 23.6 Å². The average molecular weight is 472 g/mol. The first kappa shape index (κ1) is 24.6. The molecule has 0 fully saturated rings. The number of carbonyl (C=O) groups is 3. The minimum Gasteiger partial charge on any atom is -0.466 e. The predicted octanol–water partition coefficient (Wildman–Crippen LogP) is 2.24. The second-order valence-electron chi connectivity index (χ2n) is 7.17. The molecule has 176 valence electrons. The highest BCUT2D eigenvalue weighted by atomic mass is 16.5. The number of allylic oxidation sites excluding steroid dienone is 1. The molecule has 2 aromatic carbocycles. The normalized spacial score (nSPS) is 15.1. The second kappa shape index (κ2) is 10.2. The number of nitriles is 2. The number of carbonyl (C=O) groups excluding carboxylic acids is 3. The third kappa shape index (κ3) is 4.28. The van der Waals surface area contributed by atoms with E-state index in [1.807, 2.05) is 12.1 Å². The third-order valence-corrected chi connectivity index (χ3v) is 5.40. The van der Waals surface area contributed by atoms with E-state index in [1.54, 1.807) is 30.3 Å². The van der Waals surface area contributed by atoms with Crippen LogP contribution in [0.2, 0.25) is 0 Å². The van der Waals surface area contributed by atoms with Gasteiger partial charge >= 0.3 is 17.9 Å². The van der Waals surface area contributed by atoms with E-state index in [0.717, 1.165) is 26.2 Å². The van der Waals surface area contributed by atoms with Crippen molar-refractivity contribution in [2.24, 2.45) is 5.73 Å². The first-order valence-corrected chi connectivity index (χ1v) is 10.1. The first-order chi connectivity index (χ1) is 16.8. The van der Waals surface area contributed by atoms with Crippen molar-refractivity contribution < 1.29 is 28.6 Å². The van der Waals surface area contributed by atoms with Crippen molar-refractivity contribution in [1.29, 1.82) is 10.5 Å². The zero-order chi connectivity index (χ0) is 25.7. The van der Waals surface area contributed by atoms with E-state index < -0.39 is 23.8 Å². The molecule has 10 heteroatoms. The summed E-state index contributed by atoms with van der Waals surface area (Å²) in [5.41, 5.74) is 6.44. The lowest BCUT2D eigenvalue weighted by Crippen LogP contribution is -2.40. The minimum atomic E-state index is -1.03. The summed E-state index contributed by atoms with van der Waals surface area (Å²) in [4.78, 5) is 39.5. The molecule has 0 radical (unpaired) electrons. The van der Waals surface area contributed by atoms with Crippen molar-refractivity contribution in [3.8, 4) is 12.1 Å². The van der Waals surface area contributed by atoms with Gasteiger partial charge in [0.25, 0.3) is 0 Å². The van der Waals surface area contributed by atoms with Crippen molar-refractivity contribution in [1.82, 2.24) is 0 Å². The van der Waals surface area contributed by atoms with Crippen LogP contribution in [-0.4, -0.2) is 39.2 Å². The maximum absolute atomic E-state index is 13.1. The number of esters is 3. The number of ether oxygens (including phenoxy) is 3. The maximum Gasteiger partial charge on any atom is 0.355 e. The van der Waals surface area contributed by atoms with Crippen LogP contribution in [0.25, 0.3) is 0 Å². The molecule has 0 amide bonds. The van der Waals surface area contributed by atoms with Gasteiger partial charge < -0.3 is 19.9 Å². The van der Waals surface area contributed by atoms with Crippen LogP contribution in [0.5, 0.6) is 0 Å². The molecule has 0 aromatic heterocycles. The molecule has 1 heterocycles. The van der Waals surface area contributed by atoms with Crippen LogP contribution in [0.4, 0.5) is 5.69 Å². The summed E-state index contributed by atoms with van der Waals surface area (Å²) in [7, 11) is 3.42. The molecular formula is C25H20N4O6. The number of hydrogen-bond acceptors (Lipinski definition) is 10. The lowest BCUT2D eigenvalue weighted by atomic mass is 9.81. The van der Waals surface area contributed by atoms with Gasteiger partial charge in [-0.15, -0.1) is 0 Å². The van der Waals surface area contributed by atoms with Crippen LogP contribution in [0.15, 0.2) is 71.2 Å². The smallest absolute Gasteiger partial charge is 0.355 e. The molecule has 10 nitrogen and oxygen atoms in total. The lowest BCUT2D eigenvalue weighted by molar-refractivity contribution is -0.139. The summed E-state index contributed by atoms with van der Waals surface area (Å²) < 4.78 is 14.7. The summed E-state index contributed by atoms with van der Waals surface area (Å²) in [6.45, 7) is 0. The summed E-state index contributed by atoms with van der Waals surface area (Å²) in [5.74, 6) is -3.82. The molecule has 2 aromatic rings. The number of nitrogens with zero attached hydrogens (tertiary/aromatic N) is 3. The number of benzene rings is 2. The third-order valence-electron chi connectivity index (χ3n) is 5.40. The highest BCUT2D eigenvalue weighted by Crippen LogP contribution is 2.43. The summed E-state index contributed by atoms with van der Waals surface area (Å²) in [6, 6.07) is 16.5. The molecule has 0 saturated carbocycles. The van der Waals surface area contributed by atoms with Gasteiger partial charge in [-0.3, -0.25) is 4.90 Å². The largest absolute Gasteiger partial charge is 0.466 e. The zero-order valence-electron chi connectivity index (χ0n) is 19.1. The number of nitrogens with two attached hydrogens (primary N) is 1. The van der Waals surface area contributed by atoms with E-state index in [9.17, 15) is 24.9 Å². The Balaban J connectivity index is 2.43. The molecule has 35 heavy (non-hydrogen) atoms. The minimum absolute atomic E-state index is 0.0135. The fourth-order valence-corrected chi connectivity index (χ4v) is 3.83. The Morgan fingerprint density at radius 3 is 2.06 bits per heavy atom. The van der Waals surface area contributed by atoms with Gasteiger partial charge in [0.05, 0.1) is 55.6 Å². The van der Waals surface area contributed by atoms with Crippen LogP contribution in [0, 0.1) is 22.7 Å². The average Bonchev–Trinajstić information content (AvgIpc) is 2.90. The van der Waals surface area contributed by atoms with Gasteiger partial charge in [-0.25, -0.2) is 14.4 Å². The highest BCUT2D eigenvalue weighted by Gasteiger charge is 2.43. The lowest BCUT2D eigenvalue weighted by Gasteiger charge is -2.36. The van der Waals surface area contributed by atoms with Crippen molar-refractivity contribution in [3.63, 3.8) is 0 Å². The molecule has 1 atom stereocenters. The second-order valence-corrected chi connectivity index (χ2v) is 7.17. The standard InChI is InChI=1S/C25H20N4O6/c1-33-23(30)17-11-16(10-9-15(17)12-26)29-21(25(32)35-3)20(24(31)34-2)19(18(13-27)22(29)28)14-7-5-4-6-8-14/h4-11,19H,28H2,1-3H3. The van der Waals surface area contributed by atoms with Gasteiger partial charge in [-0.2, -0.15) is 10.5 Å². The maximum atomic E-state index is 13.1. The quantitative estimate of drug-likeness (QED) is 0.506. The van der Waals surface area contributed by atoms with Crippen LogP contribution in [0.1, 0.15) is 27.4 Å². The van der Waals surface area contributed by atoms with Crippen LogP contribution in [0.3, 0.4) is 0 Å². The fraction of sp³-hybridized carbons (Fsp3) is 0.160. The van der Waals surface area contributed by atoms with Gasteiger partial charge in [-0.05, 0) is 23.8 Å². The fourth-order valence-electron chi connectivity index (χ4n) is 3.83. The molecule has 1 unspecified atom stereocenters. The van der Waals surface area contributed by atoms with E-state index in [2.05, 4.69) is 0 Å². The first-order valence-electron chi connectivity index (χ1n) is 10.1. The van der Waals surface area contributed by atoms with Crippen molar-refractivity contribution in [3.05, 3.63) is 87.9 Å². The molecule has 1 aliphatic rings. The van der Waals surface area contributed by atoms with E-state index in [4.69, 9.17) is 19.9 Å². The molecule has 0 bridgehead atoms. The summed E-state index contributed by atoms with van der Waals surface area (Å²) in [5, 5.41) is 19.4. The Kier molecular flexibility index (Phi) is 7.18. The molecular weight excluding hydrogens is 452 g/mol. The Labute approximate surface area is 201 Å². The Morgan fingerprint density at radius 1 is 0.886 bits per heavy atom. The number of hydrogen-bond donors (Lipinski definition) is 1. The van der Waals surface area contributed by atoms with Crippen LogP contribution < -0.4 is 10.6 Å². The van der Waals surface area contributed by atoms with Gasteiger partial charge in [0.1, 0.15) is 17.6 Å². The highest BCUT2D eigenvalue weighted by molar-refractivity contribution is 6.06. The van der Waals surface area contributed by atoms with E-state index in [-0.39, 0.29) is 39.5 Å². The predicted molar refractivity (Wildman–Crippen MR) is 122 cm³/mol. The van der Waals surface area contributed by atoms with Gasteiger partial charge in [0, 0.05) is 5.69 Å². The Morgan fingerprint density at radius 2 is 1.51 bits per heavy atom. The SMILES string of the molecule is COC(=O)C1=C(C(=O)OC)N(c2ccc(C#N)c(C(=O)OC)c2)C(N)=C(C#N)C1c1ccccc1. The summed E-state index contributed by atoms with van der Waals surface area (Å²) >= 11 is 0. The van der Waals surface area contributed by atoms with E-state index >= 15 is 0 Å².